The van der Waals surface area contributed by atoms with Gasteiger partial charge in [0.1, 0.15) is 5.54 Å². The molecule has 0 saturated heterocycles. The van der Waals surface area contributed by atoms with Crippen molar-refractivity contribution >= 4 is 5.97 Å². The Labute approximate surface area is 102 Å². The van der Waals surface area contributed by atoms with Crippen molar-refractivity contribution in [3.05, 3.63) is 18.0 Å². The zero-order valence-electron chi connectivity index (χ0n) is 10.7. The Balaban J connectivity index is 2.45. The minimum absolute atomic E-state index is 0.592. The summed E-state index contributed by atoms with van der Waals surface area (Å²) >= 11 is 0. The van der Waals surface area contributed by atoms with Crippen LogP contribution in [0, 0.1) is 6.92 Å². The summed E-state index contributed by atoms with van der Waals surface area (Å²) in [4.78, 5) is 11.2. The SMILES string of the molecule is CCNC(C)(CCCn1cc(C)cn1)C(=O)O. The van der Waals surface area contributed by atoms with E-state index in [0.29, 0.717) is 13.0 Å². The first-order valence-electron chi connectivity index (χ1n) is 5.95. The number of nitrogens with one attached hydrogen (secondary N) is 1. The van der Waals surface area contributed by atoms with E-state index in [-0.39, 0.29) is 0 Å². The molecule has 0 aromatic carbocycles. The number of carboxylic acid groups (broad SMARTS) is 1. The molecule has 0 aliphatic rings. The number of hydrogen-bond acceptors (Lipinski definition) is 3. The van der Waals surface area contributed by atoms with Gasteiger partial charge in [0.2, 0.25) is 0 Å². The molecule has 0 aliphatic carbocycles. The lowest BCUT2D eigenvalue weighted by atomic mass is 9.96. The van der Waals surface area contributed by atoms with Gasteiger partial charge in [0.25, 0.3) is 0 Å². The van der Waals surface area contributed by atoms with Crippen LogP contribution in [-0.4, -0.2) is 32.9 Å². The molecule has 0 bridgehead atoms. The largest absolute Gasteiger partial charge is 0.480 e. The van der Waals surface area contributed by atoms with Crippen LogP contribution in [0.3, 0.4) is 0 Å². The summed E-state index contributed by atoms with van der Waals surface area (Å²) in [5.41, 5.74) is 0.286. The van der Waals surface area contributed by atoms with Crippen LogP contribution in [0.2, 0.25) is 0 Å². The van der Waals surface area contributed by atoms with Crippen molar-refractivity contribution in [3.63, 3.8) is 0 Å². The molecule has 0 spiro atoms. The maximum Gasteiger partial charge on any atom is 0.323 e. The number of aryl methyl sites for hydroxylation is 2. The second-order valence-corrected chi connectivity index (χ2v) is 4.55. The average Bonchev–Trinajstić information content (AvgIpc) is 2.64. The summed E-state index contributed by atoms with van der Waals surface area (Å²) in [7, 11) is 0. The molecule has 5 nitrogen and oxygen atoms in total. The van der Waals surface area contributed by atoms with E-state index in [1.165, 1.54) is 0 Å². The van der Waals surface area contributed by atoms with E-state index in [2.05, 4.69) is 10.4 Å². The van der Waals surface area contributed by atoms with Crippen molar-refractivity contribution in [3.8, 4) is 0 Å². The number of nitrogens with zero attached hydrogens (tertiary/aromatic N) is 2. The highest BCUT2D eigenvalue weighted by atomic mass is 16.4. The van der Waals surface area contributed by atoms with Crippen LogP contribution in [-0.2, 0) is 11.3 Å². The van der Waals surface area contributed by atoms with Crippen LogP contribution in [0.5, 0.6) is 0 Å². The smallest absolute Gasteiger partial charge is 0.323 e. The Kier molecular flexibility index (Phi) is 4.69. The monoisotopic (exact) mass is 239 g/mol. The predicted octanol–water partition coefficient (Wildman–Crippen LogP) is 1.42. The van der Waals surface area contributed by atoms with Gasteiger partial charge in [-0.25, -0.2) is 0 Å². The van der Waals surface area contributed by atoms with Crippen LogP contribution in [0.15, 0.2) is 12.4 Å². The highest BCUT2D eigenvalue weighted by molar-refractivity contribution is 5.78. The Morgan fingerprint density at radius 2 is 2.35 bits per heavy atom. The molecule has 5 heteroatoms. The summed E-state index contributed by atoms with van der Waals surface area (Å²) < 4.78 is 1.85. The number of aromatic nitrogens is 2. The van der Waals surface area contributed by atoms with Gasteiger partial charge >= 0.3 is 5.97 Å². The van der Waals surface area contributed by atoms with Gasteiger partial charge in [0.15, 0.2) is 0 Å². The van der Waals surface area contributed by atoms with Gasteiger partial charge in [-0.3, -0.25) is 9.48 Å². The highest BCUT2D eigenvalue weighted by Crippen LogP contribution is 2.13. The minimum Gasteiger partial charge on any atom is -0.480 e. The van der Waals surface area contributed by atoms with Crippen LogP contribution >= 0.6 is 0 Å². The molecular formula is C12H21N3O2. The maximum absolute atomic E-state index is 11.2. The van der Waals surface area contributed by atoms with Gasteiger partial charge in [0.05, 0.1) is 6.20 Å². The fraction of sp³-hybridized carbons (Fsp3) is 0.667. The molecule has 96 valence electrons. The Morgan fingerprint density at radius 3 is 2.82 bits per heavy atom. The molecule has 0 aliphatic heterocycles. The number of carbonyl (C=O) groups is 1. The highest BCUT2D eigenvalue weighted by Gasteiger charge is 2.31. The van der Waals surface area contributed by atoms with Crippen LogP contribution in [0.1, 0.15) is 32.3 Å². The van der Waals surface area contributed by atoms with E-state index in [4.69, 9.17) is 0 Å². The first kappa shape index (κ1) is 13.7. The molecule has 0 fully saturated rings. The van der Waals surface area contributed by atoms with Gasteiger partial charge in [-0.2, -0.15) is 5.10 Å². The second kappa shape index (κ2) is 5.82. The lowest BCUT2D eigenvalue weighted by Gasteiger charge is -2.25. The molecule has 1 aromatic rings. The van der Waals surface area contributed by atoms with Gasteiger partial charge in [-0.15, -0.1) is 0 Å². The number of likely N-dealkylation sites (N-methyl/N-ethyl adjacent to an activating group) is 1. The lowest BCUT2D eigenvalue weighted by Crippen LogP contribution is -2.49. The number of hydrogen-bond donors (Lipinski definition) is 2. The van der Waals surface area contributed by atoms with E-state index in [1.807, 2.05) is 24.7 Å². The minimum atomic E-state index is -0.836. The molecule has 1 unspecified atom stereocenters. The molecule has 0 radical (unpaired) electrons. The standard InChI is InChI=1S/C12H21N3O2/c1-4-13-12(3,11(16)17)6-5-7-15-9-10(2)8-14-15/h8-9,13H,4-7H2,1-3H3,(H,16,17). The maximum atomic E-state index is 11.2. The summed E-state index contributed by atoms with van der Waals surface area (Å²) in [5, 5.41) is 16.4. The Hall–Kier alpha value is -1.36. The first-order chi connectivity index (χ1) is 7.98. The molecule has 0 saturated carbocycles. The fourth-order valence-corrected chi connectivity index (χ4v) is 1.84. The predicted molar refractivity (Wildman–Crippen MR) is 65.9 cm³/mol. The van der Waals surface area contributed by atoms with Gasteiger partial charge in [-0.1, -0.05) is 6.92 Å². The van der Waals surface area contributed by atoms with E-state index in [0.717, 1.165) is 18.5 Å². The quantitative estimate of drug-likeness (QED) is 0.755. The van der Waals surface area contributed by atoms with E-state index < -0.39 is 11.5 Å². The molecular weight excluding hydrogens is 218 g/mol. The molecule has 17 heavy (non-hydrogen) atoms. The van der Waals surface area contributed by atoms with Gasteiger partial charge in [0, 0.05) is 12.7 Å². The zero-order valence-corrected chi connectivity index (χ0v) is 10.7. The van der Waals surface area contributed by atoms with E-state index in [1.54, 1.807) is 13.1 Å². The van der Waals surface area contributed by atoms with Gasteiger partial charge in [-0.05, 0) is 38.8 Å². The molecule has 1 atom stereocenters. The van der Waals surface area contributed by atoms with Crippen molar-refractivity contribution in [2.24, 2.45) is 0 Å². The number of carboxylic acids is 1. The molecule has 1 heterocycles. The lowest BCUT2D eigenvalue weighted by molar-refractivity contribution is -0.144. The van der Waals surface area contributed by atoms with Crippen LogP contribution in [0.25, 0.3) is 0 Å². The second-order valence-electron chi connectivity index (χ2n) is 4.55. The van der Waals surface area contributed by atoms with Crippen molar-refractivity contribution in [2.45, 2.75) is 45.7 Å². The third kappa shape index (κ3) is 3.85. The topological polar surface area (TPSA) is 67.2 Å². The zero-order chi connectivity index (χ0) is 12.9. The summed E-state index contributed by atoms with van der Waals surface area (Å²) in [6.45, 7) is 7.04. The van der Waals surface area contributed by atoms with Crippen molar-refractivity contribution in [1.82, 2.24) is 15.1 Å². The average molecular weight is 239 g/mol. The van der Waals surface area contributed by atoms with E-state index in [9.17, 15) is 9.90 Å². The van der Waals surface area contributed by atoms with Gasteiger partial charge < -0.3 is 10.4 Å². The first-order valence-corrected chi connectivity index (χ1v) is 5.95. The van der Waals surface area contributed by atoms with E-state index >= 15 is 0 Å². The Bertz CT molecular complexity index is 376. The normalized spacial score (nSPS) is 14.5. The number of rotatable bonds is 7. The Morgan fingerprint density at radius 1 is 1.65 bits per heavy atom. The fourth-order valence-electron chi connectivity index (χ4n) is 1.84. The molecule has 1 rings (SSSR count). The van der Waals surface area contributed by atoms with Crippen molar-refractivity contribution in [2.75, 3.05) is 6.54 Å². The number of aliphatic carboxylic acids is 1. The third-order valence-corrected chi connectivity index (χ3v) is 2.87. The van der Waals surface area contributed by atoms with Crippen molar-refractivity contribution < 1.29 is 9.90 Å². The van der Waals surface area contributed by atoms with Crippen LogP contribution in [0.4, 0.5) is 0 Å². The summed E-state index contributed by atoms with van der Waals surface area (Å²) in [5.74, 6) is -0.795. The van der Waals surface area contributed by atoms with Crippen molar-refractivity contribution in [1.29, 1.82) is 0 Å². The molecule has 2 N–H and O–H groups in total. The molecule has 0 amide bonds. The third-order valence-electron chi connectivity index (χ3n) is 2.87. The molecule has 1 aromatic heterocycles. The van der Waals surface area contributed by atoms with Crippen LogP contribution < -0.4 is 5.32 Å². The summed E-state index contributed by atoms with van der Waals surface area (Å²) in [6, 6.07) is 0. The summed E-state index contributed by atoms with van der Waals surface area (Å²) in [6.07, 6.45) is 5.15.